The molecule has 0 unspecified atom stereocenters. The summed E-state index contributed by atoms with van der Waals surface area (Å²) in [7, 11) is 0. The molecule has 0 aliphatic heterocycles. The molecule has 3 amide bonds. The van der Waals surface area contributed by atoms with Gasteiger partial charge in [-0.2, -0.15) is 0 Å². The van der Waals surface area contributed by atoms with Gasteiger partial charge in [0.25, 0.3) is 0 Å². The molecule has 1 aliphatic rings. The highest BCUT2D eigenvalue weighted by Gasteiger charge is 2.21. The average Bonchev–Trinajstić information content (AvgIpc) is 2.95. The van der Waals surface area contributed by atoms with Crippen molar-refractivity contribution in [3.63, 3.8) is 0 Å². The number of aromatic nitrogens is 2. The van der Waals surface area contributed by atoms with E-state index in [0.717, 1.165) is 37.4 Å². The van der Waals surface area contributed by atoms with Gasteiger partial charge in [-0.25, -0.2) is 4.79 Å². The van der Waals surface area contributed by atoms with E-state index in [9.17, 15) is 9.59 Å². The topological polar surface area (TPSA) is 96.0 Å². The molecule has 1 aromatic rings. The minimum absolute atomic E-state index is 0.186. The number of urea groups is 1. The second kappa shape index (κ2) is 9.07. The van der Waals surface area contributed by atoms with Gasteiger partial charge in [0, 0.05) is 12.6 Å². The minimum atomic E-state index is -0.408. The number of rotatable bonds is 6. The fraction of sp³-hybridized carbons (Fsp3) is 0.714. The summed E-state index contributed by atoms with van der Waals surface area (Å²) in [6, 6.07) is -0.217. The van der Waals surface area contributed by atoms with Crippen molar-refractivity contribution in [3.8, 4) is 0 Å². The summed E-state index contributed by atoms with van der Waals surface area (Å²) in [5.41, 5.74) is 0. The van der Waals surface area contributed by atoms with E-state index in [1.54, 1.807) is 6.92 Å². The predicted octanol–water partition coefficient (Wildman–Crippen LogP) is 2.61. The van der Waals surface area contributed by atoms with Gasteiger partial charge in [0.15, 0.2) is 4.34 Å². The summed E-state index contributed by atoms with van der Waals surface area (Å²) in [6.45, 7) is 4.51. The van der Waals surface area contributed by atoms with E-state index in [1.165, 1.54) is 29.5 Å². The summed E-state index contributed by atoms with van der Waals surface area (Å²) in [4.78, 5) is 24.0. The van der Waals surface area contributed by atoms with Crippen LogP contribution in [0.5, 0.6) is 0 Å². The lowest BCUT2D eigenvalue weighted by molar-refractivity contribution is -0.119. The monoisotopic (exact) mass is 357 g/mol. The summed E-state index contributed by atoms with van der Waals surface area (Å²) in [6.07, 6.45) is 5.48. The van der Waals surface area contributed by atoms with Gasteiger partial charge in [-0.15, -0.1) is 10.2 Å². The Hall–Kier alpha value is -1.35. The highest BCUT2D eigenvalue weighted by atomic mass is 32.2. The van der Waals surface area contributed by atoms with Gasteiger partial charge in [0.1, 0.15) is 0 Å². The largest absolute Gasteiger partial charge is 0.360 e. The molecule has 23 heavy (non-hydrogen) atoms. The molecule has 1 aliphatic carbocycles. The fourth-order valence-electron chi connectivity index (χ4n) is 2.37. The maximum atomic E-state index is 12.1. The van der Waals surface area contributed by atoms with Crippen LogP contribution in [-0.2, 0) is 4.79 Å². The molecule has 0 spiro atoms. The number of amides is 3. The second-order valence-electron chi connectivity index (χ2n) is 5.46. The molecule has 128 valence electrons. The lowest BCUT2D eigenvalue weighted by Crippen LogP contribution is -2.47. The number of hydrogen-bond donors (Lipinski definition) is 3. The Morgan fingerprint density at radius 1 is 1.30 bits per heavy atom. The summed E-state index contributed by atoms with van der Waals surface area (Å²) in [5.74, 6) is -0.316. The van der Waals surface area contributed by atoms with Crippen LogP contribution in [0.15, 0.2) is 4.34 Å². The van der Waals surface area contributed by atoms with Crippen LogP contribution in [-0.4, -0.2) is 40.0 Å². The first-order valence-corrected chi connectivity index (χ1v) is 9.63. The molecule has 9 heteroatoms. The maximum absolute atomic E-state index is 12.1. The van der Waals surface area contributed by atoms with Crippen molar-refractivity contribution in [1.82, 2.24) is 20.8 Å². The summed E-state index contributed by atoms with van der Waals surface area (Å²) < 4.78 is 0.705. The van der Waals surface area contributed by atoms with Gasteiger partial charge in [0.05, 0.1) is 5.25 Å². The van der Waals surface area contributed by atoms with Crippen LogP contribution in [0, 0.1) is 0 Å². The molecule has 7 nitrogen and oxygen atoms in total. The molecule has 1 fully saturated rings. The standard InChI is InChI=1S/C14H23N5O2S2/c1-3-15-13-18-19-14(23-13)22-9(2)11(20)17-12(21)16-10-7-5-4-6-8-10/h9-10H,3-8H2,1-2H3,(H,15,18)(H2,16,17,20,21)/t9-/m0/s1. The van der Waals surface area contributed by atoms with E-state index in [2.05, 4.69) is 26.1 Å². The molecule has 0 radical (unpaired) electrons. The average molecular weight is 358 g/mol. The van der Waals surface area contributed by atoms with Crippen LogP contribution >= 0.6 is 23.1 Å². The Labute approximate surface area is 144 Å². The molecule has 1 saturated carbocycles. The molecule has 2 rings (SSSR count). The Morgan fingerprint density at radius 3 is 2.74 bits per heavy atom. The van der Waals surface area contributed by atoms with E-state index in [-0.39, 0.29) is 11.9 Å². The summed E-state index contributed by atoms with van der Waals surface area (Å²) >= 11 is 2.70. The van der Waals surface area contributed by atoms with Crippen LogP contribution in [0.2, 0.25) is 0 Å². The Bertz CT molecular complexity index is 531. The van der Waals surface area contributed by atoms with Crippen molar-refractivity contribution in [1.29, 1.82) is 0 Å². The SMILES string of the molecule is CCNc1nnc(S[C@@H](C)C(=O)NC(=O)NC2CCCCC2)s1. The Balaban J connectivity index is 1.75. The zero-order chi connectivity index (χ0) is 16.7. The van der Waals surface area contributed by atoms with Gasteiger partial charge >= 0.3 is 6.03 Å². The molecule has 1 atom stereocenters. The van der Waals surface area contributed by atoms with Crippen LogP contribution in [0.1, 0.15) is 46.0 Å². The molecule has 3 N–H and O–H groups in total. The van der Waals surface area contributed by atoms with Crippen molar-refractivity contribution >= 4 is 40.2 Å². The lowest BCUT2D eigenvalue weighted by Gasteiger charge is -2.22. The molecule has 1 heterocycles. The van der Waals surface area contributed by atoms with Crippen LogP contribution in [0.4, 0.5) is 9.93 Å². The fourth-order valence-corrected chi connectivity index (χ4v) is 4.33. The maximum Gasteiger partial charge on any atom is 0.321 e. The van der Waals surface area contributed by atoms with Crippen LogP contribution < -0.4 is 16.0 Å². The van der Waals surface area contributed by atoms with E-state index >= 15 is 0 Å². The molecular weight excluding hydrogens is 334 g/mol. The normalized spacial score (nSPS) is 16.6. The molecule has 0 bridgehead atoms. The van der Waals surface area contributed by atoms with Crippen molar-refractivity contribution in [2.45, 2.75) is 61.6 Å². The second-order valence-corrected chi connectivity index (χ2v) is 8.03. The van der Waals surface area contributed by atoms with Gasteiger partial charge in [-0.3, -0.25) is 10.1 Å². The number of carbonyl (C=O) groups excluding carboxylic acids is 2. The van der Waals surface area contributed by atoms with Crippen molar-refractivity contribution in [2.24, 2.45) is 0 Å². The Morgan fingerprint density at radius 2 is 2.04 bits per heavy atom. The highest BCUT2D eigenvalue weighted by molar-refractivity contribution is 8.02. The third-order valence-electron chi connectivity index (χ3n) is 3.56. The smallest absolute Gasteiger partial charge is 0.321 e. The highest BCUT2D eigenvalue weighted by Crippen LogP contribution is 2.28. The molecule has 0 aromatic carbocycles. The van der Waals surface area contributed by atoms with Gasteiger partial charge in [-0.05, 0) is 26.7 Å². The number of thioether (sulfide) groups is 1. The van der Waals surface area contributed by atoms with E-state index in [0.29, 0.717) is 4.34 Å². The van der Waals surface area contributed by atoms with Gasteiger partial charge < -0.3 is 10.6 Å². The lowest BCUT2D eigenvalue weighted by atomic mass is 9.96. The zero-order valence-electron chi connectivity index (χ0n) is 13.4. The van der Waals surface area contributed by atoms with Crippen molar-refractivity contribution < 1.29 is 9.59 Å². The first-order chi connectivity index (χ1) is 11.1. The van der Waals surface area contributed by atoms with Crippen molar-refractivity contribution in [3.05, 3.63) is 0 Å². The van der Waals surface area contributed by atoms with Crippen molar-refractivity contribution in [2.75, 3.05) is 11.9 Å². The Kier molecular flexibility index (Phi) is 7.10. The number of hydrogen-bond acceptors (Lipinski definition) is 7. The van der Waals surface area contributed by atoms with E-state index in [4.69, 9.17) is 0 Å². The number of anilines is 1. The molecular formula is C14H23N5O2S2. The molecule has 0 saturated heterocycles. The van der Waals surface area contributed by atoms with E-state index in [1.807, 2.05) is 6.92 Å². The third-order valence-corrected chi connectivity index (χ3v) is 5.62. The first kappa shape index (κ1) is 18.0. The van der Waals surface area contributed by atoms with Crippen LogP contribution in [0.3, 0.4) is 0 Å². The predicted molar refractivity (Wildman–Crippen MR) is 92.9 cm³/mol. The van der Waals surface area contributed by atoms with E-state index < -0.39 is 11.3 Å². The van der Waals surface area contributed by atoms with Crippen LogP contribution in [0.25, 0.3) is 0 Å². The number of nitrogens with one attached hydrogen (secondary N) is 3. The quantitative estimate of drug-likeness (QED) is 0.677. The number of nitrogens with zero attached hydrogens (tertiary/aromatic N) is 2. The number of carbonyl (C=O) groups is 2. The minimum Gasteiger partial charge on any atom is -0.360 e. The molecule has 1 aromatic heterocycles. The first-order valence-electron chi connectivity index (χ1n) is 7.94. The van der Waals surface area contributed by atoms with Gasteiger partial charge in [0.2, 0.25) is 11.0 Å². The summed E-state index contributed by atoms with van der Waals surface area (Å²) in [5, 5.41) is 16.7. The zero-order valence-corrected chi connectivity index (χ0v) is 15.1. The third kappa shape index (κ3) is 5.98. The number of imide groups is 1. The van der Waals surface area contributed by atoms with Gasteiger partial charge in [-0.1, -0.05) is 42.4 Å².